The molecule has 1 saturated heterocycles. The van der Waals surface area contributed by atoms with Crippen molar-refractivity contribution in [3.05, 3.63) is 32.9 Å². The van der Waals surface area contributed by atoms with Gasteiger partial charge in [-0.1, -0.05) is 0 Å². The predicted molar refractivity (Wildman–Crippen MR) is 58.1 cm³/mol. The first kappa shape index (κ1) is 15.7. The van der Waals surface area contributed by atoms with Gasteiger partial charge in [-0.3, -0.25) is 14.3 Å². The number of H-pyrrole nitrogens is 1. The van der Waals surface area contributed by atoms with Crippen LogP contribution in [0.5, 0.6) is 0 Å². The summed E-state index contributed by atoms with van der Waals surface area (Å²) in [4.78, 5) is 23.8. The van der Waals surface area contributed by atoms with E-state index in [4.69, 9.17) is 5.11 Å². The van der Waals surface area contributed by atoms with Crippen LogP contribution in [0.4, 0.5) is 17.6 Å². The van der Waals surface area contributed by atoms with Crippen molar-refractivity contribution in [2.75, 3.05) is 6.61 Å². The minimum absolute atomic E-state index is 0.185. The summed E-state index contributed by atoms with van der Waals surface area (Å²) in [6.45, 7) is -1.43. The maximum atomic E-state index is 13.9. The SMILES string of the molecule is O=c1[nH]c(=O)n([C@H]2O[C@](CO)(C(F)F)[C@H](O)[C@@H]2F)cc1F. The molecule has 11 heteroatoms. The van der Waals surface area contributed by atoms with Crippen LogP contribution in [-0.2, 0) is 4.74 Å². The lowest BCUT2D eigenvalue weighted by atomic mass is 9.97. The molecule has 7 nitrogen and oxygen atoms in total. The molecule has 0 aliphatic carbocycles. The second kappa shape index (κ2) is 5.24. The first-order chi connectivity index (χ1) is 9.74. The minimum Gasteiger partial charge on any atom is -0.393 e. The molecular weight excluding hydrogens is 304 g/mol. The number of hydrogen-bond donors (Lipinski definition) is 3. The molecule has 0 saturated carbocycles. The van der Waals surface area contributed by atoms with E-state index in [-0.39, 0.29) is 10.8 Å². The van der Waals surface area contributed by atoms with Crippen LogP contribution in [0, 0.1) is 5.82 Å². The lowest BCUT2D eigenvalue weighted by Gasteiger charge is -2.28. The number of rotatable bonds is 3. The van der Waals surface area contributed by atoms with Crippen molar-refractivity contribution in [2.45, 2.75) is 30.5 Å². The Kier molecular flexibility index (Phi) is 3.91. The van der Waals surface area contributed by atoms with Gasteiger partial charge in [0, 0.05) is 0 Å². The van der Waals surface area contributed by atoms with Gasteiger partial charge >= 0.3 is 5.69 Å². The van der Waals surface area contributed by atoms with Crippen LogP contribution in [0.2, 0.25) is 0 Å². The van der Waals surface area contributed by atoms with E-state index in [1.54, 1.807) is 0 Å². The van der Waals surface area contributed by atoms with E-state index in [0.717, 1.165) is 0 Å². The molecule has 2 heterocycles. The van der Waals surface area contributed by atoms with Crippen LogP contribution >= 0.6 is 0 Å². The highest BCUT2D eigenvalue weighted by Gasteiger charge is 2.61. The van der Waals surface area contributed by atoms with Crippen LogP contribution in [-0.4, -0.2) is 50.7 Å². The number of hydrogen-bond acceptors (Lipinski definition) is 5. The Labute approximate surface area is 113 Å². The molecule has 0 amide bonds. The van der Waals surface area contributed by atoms with Gasteiger partial charge in [0.05, 0.1) is 12.8 Å². The molecule has 3 N–H and O–H groups in total. The van der Waals surface area contributed by atoms with Gasteiger partial charge in [0.25, 0.3) is 12.0 Å². The molecule has 1 aliphatic rings. The second-order valence-electron chi connectivity index (χ2n) is 4.46. The fraction of sp³-hybridized carbons (Fsp3) is 0.600. The Bertz CT molecular complexity index is 647. The van der Waals surface area contributed by atoms with E-state index >= 15 is 0 Å². The van der Waals surface area contributed by atoms with Crippen LogP contribution in [0.15, 0.2) is 15.8 Å². The molecule has 0 bridgehead atoms. The van der Waals surface area contributed by atoms with Crippen molar-refractivity contribution in [1.82, 2.24) is 9.55 Å². The summed E-state index contributed by atoms with van der Waals surface area (Å²) in [5.41, 5.74) is -5.65. The Morgan fingerprint density at radius 1 is 1.48 bits per heavy atom. The summed E-state index contributed by atoms with van der Waals surface area (Å²) in [6, 6.07) is 0. The van der Waals surface area contributed by atoms with Crippen LogP contribution in [0.3, 0.4) is 0 Å². The zero-order chi connectivity index (χ0) is 15.9. The smallest absolute Gasteiger partial charge is 0.330 e. The molecule has 0 aromatic carbocycles. The first-order valence-corrected chi connectivity index (χ1v) is 5.64. The summed E-state index contributed by atoms with van der Waals surface area (Å²) in [5, 5.41) is 18.5. The number of aliphatic hydroxyl groups excluding tert-OH is 2. The number of aromatic amines is 1. The summed E-state index contributed by atoms with van der Waals surface area (Å²) < 4.78 is 57.7. The molecule has 1 aromatic heterocycles. The monoisotopic (exact) mass is 314 g/mol. The summed E-state index contributed by atoms with van der Waals surface area (Å²) in [5.74, 6) is -1.47. The molecule has 0 radical (unpaired) electrons. The fourth-order valence-electron chi connectivity index (χ4n) is 2.03. The molecule has 0 unspecified atom stereocenters. The van der Waals surface area contributed by atoms with Gasteiger partial charge in [-0.2, -0.15) is 4.39 Å². The third-order valence-corrected chi connectivity index (χ3v) is 3.23. The normalized spacial score (nSPS) is 32.8. The molecule has 21 heavy (non-hydrogen) atoms. The zero-order valence-electron chi connectivity index (χ0n) is 10.2. The molecule has 4 atom stereocenters. The minimum atomic E-state index is -3.47. The maximum absolute atomic E-state index is 13.9. The summed E-state index contributed by atoms with van der Waals surface area (Å²) in [6.07, 6.45) is -10.3. The van der Waals surface area contributed by atoms with Crippen molar-refractivity contribution in [1.29, 1.82) is 0 Å². The highest BCUT2D eigenvalue weighted by molar-refractivity contribution is 5.04. The zero-order valence-corrected chi connectivity index (χ0v) is 10.2. The Morgan fingerprint density at radius 3 is 2.57 bits per heavy atom. The van der Waals surface area contributed by atoms with Gasteiger partial charge < -0.3 is 14.9 Å². The van der Waals surface area contributed by atoms with E-state index in [1.165, 1.54) is 4.98 Å². The molecule has 1 fully saturated rings. The number of nitrogens with one attached hydrogen (secondary N) is 1. The first-order valence-electron chi connectivity index (χ1n) is 5.64. The Hall–Kier alpha value is -1.72. The highest BCUT2D eigenvalue weighted by Crippen LogP contribution is 2.41. The largest absolute Gasteiger partial charge is 0.393 e. The van der Waals surface area contributed by atoms with Crippen LogP contribution < -0.4 is 11.2 Å². The van der Waals surface area contributed by atoms with Crippen molar-refractivity contribution >= 4 is 0 Å². The number of ether oxygens (including phenoxy) is 1. The number of nitrogens with zero attached hydrogens (tertiary/aromatic N) is 1. The summed E-state index contributed by atoms with van der Waals surface area (Å²) >= 11 is 0. The average molecular weight is 314 g/mol. The second-order valence-corrected chi connectivity index (χ2v) is 4.46. The van der Waals surface area contributed by atoms with Gasteiger partial charge in [-0.05, 0) is 0 Å². The van der Waals surface area contributed by atoms with Gasteiger partial charge in [0.1, 0.15) is 6.10 Å². The van der Waals surface area contributed by atoms with Gasteiger partial charge in [0.2, 0.25) is 5.82 Å². The number of halogens is 4. The highest BCUT2D eigenvalue weighted by atomic mass is 19.3. The number of aromatic nitrogens is 2. The van der Waals surface area contributed by atoms with Crippen molar-refractivity contribution < 1.29 is 32.5 Å². The molecule has 118 valence electrons. The third kappa shape index (κ3) is 2.26. The fourth-order valence-corrected chi connectivity index (χ4v) is 2.03. The topological polar surface area (TPSA) is 105 Å². The van der Waals surface area contributed by atoms with Gasteiger partial charge in [0.15, 0.2) is 18.0 Å². The van der Waals surface area contributed by atoms with Gasteiger partial charge in [-0.15, -0.1) is 0 Å². The summed E-state index contributed by atoms with van der Waals surface area (Å²) in [7, 11) is 0. The third-order valence-electron chi connectivity index (χ3n) is 3.23. The Morgan fingerprint density at radius 2 is 2.10 bits per heavy atom. The van der Waals surface area contributed by atoms with E-state index < -0.39 is 54.2 Å². The molecular formula is C10H10F4N2O5. The molecule has 1 aromatic rings. The average Bonchev–Trinajstić information content (AvgIpc) is 2.68. The lowest BCUT2D eigenvalue weighted by Crippen LogP contribution is -2.51. The molecule has 1 aliphatic heterocycles. The van der Waals surface area contributed by atoms with E-state index in [2.05, 4.69) is 4.74 Å². The van der Waals surface area contributed by atoms with E-state index in [1.807, 2.05) is 0 Å². The van der Waals surface area contributed by atoms with Crippen LogP contribution in [0.1, 0.15) is 6.23 Å². The number of aliphatic hydroxyl groups is 2. The van der Waals surface area contributed by atoms with Crippen molar-refractivity contribution in [3.8, 4) is 0 Å². The predicted octanol–water partition coefficient (Wildman–Crippen LogP) is -1.10. The quantitative estimate of drug-likeness (QED) is 0.614. The molecule has 2 rings (SSSR count). The molecule has 0 spiro atoms. The number of alkyl halides is 3. The van der Waals surface area contributed by atoms with Crippen LogP contribution in [0.25, 0.3) is 0 Å². The van der Waals surface area contributed by atoms with E-state index in [9.17, 15) is 32.3 Å². The maximum Gasteiger partial charge on any atom is 0.330 e. The van der Waals surface area contributed by atoms with Crippen molar-refractivity contribution in [2.24, 2.45) is 0 Å². The van der Waals surface area contributed by atoms with Crippen molar-refractivity contribution in [3.63, 3.8) is 0 Å². The van der Waals surface area contributed by atoms with Gasteiger partial charge in [-0.25, -0.2) is 18.0 Å². The standard InChI is InChI=1S/C10H10F4N2O5/c11-3-1-16(9(20)15-6(3)19)7-4(12)5(18)10(2-17,21-7)8(13)14/h1,4-5,7-8,17-18H,2H2,(H,15,19,20)/t4-,5+,7-,10-/m0/s1. The van der Waals surface area contributed by atoms with E-state index in [0.29, 0.717) is 0 Å². The Balaban J connectivity index is 2.50. The lowest BCUT2D eigenvalue weighted by molar-refractivity contribution is -0.196.